The molecule has 1 unspecified atom stereocenters. The van der Waals surface area contributed by atoms with Gasteiger partial charge in [0, 0.05) is 23.4 Å². The van der Waals surface area contributed by atoms with Crippen molar-refractivity contribution in [3.8, 4) is 18.1 Å². The average Bonchev–Trinajstić information content (AvgIpc) is 2.85. The van der Waals surface area contributed by atoms with Crippen LogP contribution in [0.4, 0.5) is 15.8 Å². The highest BCUT2D eigenvalue weighted by atomic mass is 35.5. The van der Waals surface area contributed by atoms with E-state index < -0.39 is 23.8 Å². The van der Waals surface area contributed by atoms with Gasteiger partial charge in [-0.3, -0.25) is 14.7 Å². The second-order valence-electron chi connectivity index (χ2n) is 7.56. The van der Waals surface area contributed by atoms with Crippen LogP contribution >= 0.6 is 11.6 Å². The van der Waals surface area contributed by atoms with Crippen LogP contribution in [-0.2, 0) is 14.3 Å². The quantitative estimate of drug-likeness (QED) is 0.281. The van der Waals surface area contributed by atoms with Crippen LogP contribution in [0.1, 0.15) is 32.6 Å². The number of terminal acetylenes is 1. The summed E-state index contributed by atoms with van der Waals surface area (Å²) >= 11 is 6.17. The smallest absolute Gasteiger partial charge is 0.334 e. The molecule has 1 aromatic heterocycles. The Morgan fingerprint density at radius 2 is 2.09 bits per heavy atom. The maximum atomic E-state index is 15.2. The molecule has 8 heteroatoms. The van der Waals surface area contributed by atoms with Crippen molar-refractivity contribution < 1.29 is 23.5 Å². The van der Waals surface area contributed by atoms with Crippen LogP contribution in [0.3, 0.4) is 0 Å². The SMILES string of the molecule is C#CC(C)Oc1cc(N(C(=O)C2=C(C(=O)OCC=C)CCCC2)c2cccnc2)c(F)cc1Cl. The van der Waals surface area contributed by atoms with E-state index in [0.29, 0.717) is 24.9 Å². The van der Waals surface area contributed by atoms with E-state index in [1.54, 1.807) is 19.1 Å². The molecule has 0 bridgehead atoms. The second-order valence-corrected chi connectivity index (χ2v) is 7.97. The van der Waals surface area contributed by atoms with Crippen molar-refractivity contribution in [3.63, 3.8) is 0 Å². The fraction of sp³-hybridized carbons (Fsp3) is 0.269. The van der Waals surface area contributed by atoms with Crippen molar-refractivity contribution in [1.29, 1.82) is 0 Å². The number of esters is 1. The van der Waals surface area contributed by atoms with E-state index in [-0.39, 0.29) is 34.2 Å². The van der Waals surface area contributed by atoms with Gasteiger partial charge in [-0.15, -0.1) is 6.42 Å². The zero-order chi connectivity index (χ0) is 24.7. The minimum Gasteiger partial charge on any atom is -0.476 e. The number of halogens is 2. The van der Waals surface area contributed by atoms with Crippen molar-refractivity contribution >= 4 is 34.9 Å². The molecule has 1 amide bonds. The first kappa shape index (κ1) is 25.0. The molecule has 0 aliphatic heterocycles. The van der Waals surface area contributed by atoms with Gasteiger partial charge in [-0.1, -0.05) is 30.2 Å². The van der Waals surface area contributed by atoms with Gasteiger partial charge < -0.3 is 9.47 Å². The number of hydrogen-bond donors (Lipinski definition) is 0. The molecule has 1 aliphatic carbocycles. The monoisotopic (exact) mass is 482 g/mol. The van der Waals surface area contributed by atoms with Crippen molar-refractivity contribution in [2.24, 2.45) is 0 Å². The molecule has 1 aliphatic rings. The van der Waals surface area contributed by atoms with Crippen LogP contribution in [0.2, 0.25) is 5.02 Å². The highest BCUT2D eigenvalue weighted by Gasteiger charge is 2.31. The van der Waals surface area contributed by atoms with Crippen molar-refractivity contribution in [2.75, 3.05) is 11.5 Å². The number of nitrogens with zero attached hydrogens (tertiary/aromatic N) is 2. The zero-order valence-corrected chi connectivity index (χ0v) is 19.5. The molecule has 34 heavy (non-hydrogen) atoms. The Morgan fingerprint density at radius 1 is 1.35 bits per heavy atom. The van der Waals surface area contributed by atoms with Crippen molar-refractivity contribution in [3.05, 3.63) is 71.3 Å². The topological polar surface area (TPSA) is 68.7 Å². The molecule has 0 spiro atoms. The summed E-state index contributed by atoms with van der Waals surface area (Å²) in [5, 5.41) is 0.00695. The molecule has 176 valence electrons. The molecule has 0 saturated heterocycles. The van der Waals surface area contributed by atoms with Crippen LogP contribution in [-0.4, -0.2) is 29.6 Å². The number of amides is 1. The highest BCUT2D eigenvalue weighted by Crippen LogP contribution is 2.38. The third-order valence-corrected chi connectivity index (χ3v) is 5.49. The number of hydrogen-bond acceptors (Lipinski definition) is 5. The van der Waals surface area contributed by atoms with Gasteiger partial charge in [0.25, 0.3) is 5.91 Å². The van der Waals surface area contributed by atoms with E-state index in [4.69, 9.17) is 27.5 Å². The Kier molecular flexibility index (Phi) is 8.44. The van der Waals surface area contributed by atoms with Gasteiger partial charge in [0.2, 0.25) is 0 Å². The standard InChI is InChI=1S/C26H24ClFN2O4/c1-4-13-33-26(32)20-11-7-6-10-19(20)25(31)30(18-9-8-12-29-16-18)23-15-24(34-17(3)5-2)21(27)14-22(23)28/h2,4,8-9,12,14-17H,1,6-7,10-11,13H2,3H3. The third kappa shape index (κ3) is 5.64. The largest absolute Gasteiger partial charge is 0.476 e. The maximum absolute atomic E-state index is 15.2. The fourth-order valence-electron chi connectivity index (χ4n) is 3.58. The Balaban J connectivity index is 2.15. The first-order valence-electron chi connectivity index (χ1n) is 10.7. The molecule has 1 heterocycles. The molecule has 0 saturated carbocycles. The molecule has 1 aromatic carbocycles. The van der Waals surface area contributed by atoms with E-state index in [1.807, 2.05) is 0 Å². The minimum atomic E-state index is -0.755. The predicted octanol–water partition coefficient (Wildman–Crippen LogP) is 5.54. The Morgan fingerprint density at radius 3 is 2.74 bits per heavy atom. The summed E-state index contributed by atoms with van der Waals surface area (Å²) < 4.78 is 26.0. The van der Waals surface area contributed by atoms with E-state index >= 15 is 4.39 Å². The summed E-state index contributed by atoms with van der Waals surface area (Å²) in [7, 11) is 0. The molecule has 0 N–H and O–H groups in total. The van der Waals surface area contributed by atoms with Gasteiger partial charge in [0.15, 0.2) is 6.10 Å². The van der Waals surface area contributed by atoms with Crippen LogP contribution in [0.15, 0.2) is 60.5 Å². The number of carbonyl (C=O) groups excluding carboxylic acids is 2. The summed E-state index contributed by atoms with van der Waals surface area (Å²) in [6, 6.07) is 5.61. The Hall–Kier alpha value is -3.63. The highest BCUT2D eigenvalue weighted by molar-refractivity contribution is 6.32. The Labute approximate surface area is 203 Å². The van der Waals surface area contributed by atoms with Crippen LogP contribution < -0.4 is 9.64 Å². The number of benzene rings is 1. The van der Waals surface area contributed by atoms with Crippen molar-refractivity contribution in [1.82, 2.24) is 4.98 Å². The lowest BCUT2D eigenvalue weighted by Gasteiger charge is -2.28. The van der Waals surface area contributed by atoms with Crippen LogP contribution in [0.25, 0.3) is 0 Å². The first-order chi connectivity index (χ1) is 16.4. The maximum Gasteiger partial charge on any atom is 0.334 e. The summed E-state index contributed by atoms with van der Waals surface area (Å²) in [5.74, 6) is 0.633. The lowest BCUT2D eigenvalue weighted by molar-refractivity contribution is -0.138. The molecule has 1 atom stereocenters. The third-order valence-electron chi connectivity index (χ3n) is 5.19. The van der Waals surface area contributed by atoms with E-state index in [2.05, 4.69) is 17.5 Å². The normalized spacial score (nSPS) is 14.1. The lowest BCUT2D eigenvalue weighted by atomic mass is 9.90. The zero-order valence-electron chi connectivity index (χ0n) is 18.7. The molecule has 2 aromatic rings. The number of ether oxygens (including phenoxy) is 2. The van der Waals surface area contributed by atoms with Gasteiger partial charge in [0.05, 0.1) is 22.6 Å². The van der Waals surface area contributed by atoms with Crippen molar-refractivity contribution in [2.45, 2.75) is 38.7 Å². The molecule has 0 radical (unpaired) electrons. The van der Waals surface area contributed by atoms with Gasteiger partial charge in [-0.05, 0) is 50.8 Å². The predicted molar refractivity (Wildman–Crippen MR) is 128 cm³/mol. The molecule has 3 rings (SSSR count). The molecule has 0 fully saturated rings. The Bertz CT molecular complexity index is 1160. The first-order valence-corrected chi connectivity index (χ1v) is 11.1. The summed E-state index contributed by atoms with van der Waals surface area (Å²) in [4.78, 5) is 31.7. The van der Waals surface area contributed by atoms with E-state index in [1.165, 1.54) is 24.5 Å². The minimum absolute atomic E-state index is 0.00695. The number of pyridine rings is 1. The fourth-order valence-corrected chi connectivity index (χ4v) is 3.77. The van der Waals surface area contributed by atoms with Gasteiger partial charge in [-0.2, -0.15) is 0 Å². The summed E-state index contributed by atoms with van der Waals surface area (Å²) in [6.45, 7) is 5.20. The summed E-state index contributed by atoms with van der Waals surface area (Å²) in [5.41, 5.74) is 0.733. The van der Waals surface area contributed by atoms with E-state index in [9.17, 15) is 9.59 Å². The van der Waals surface area contributed by atoms with Gasteiger partial charge in [-0.25, -0.2) is 9.18 Å². The van der Waals surface area contributed by atoms with Gasteiger partial charge >= 0.3 is 5.97 Å². The van der Waals surface area contributed by atoms with Crippen LogP contribution in [0.5, 0.6) is 5.75 Å². The van der Waals surface area contributed by atoms with Crippen LogP contribution in [0, 0.1) is 18.2 Å². The number of aromatic nitrogens is 1. The number of carbonyl (C=O) groups is 2. The molecular formula is C26H24ClFN2O4. The van der Waals surface area contributed by atoms with Gasteiger partial charge in [0.1, 0.15) is 18.2 Å². The number of anilines is 2. The number of rotatable bonds is 8. The molecule has 6 nitrogen and oxygen atoms in total. The summed E-state index contributed by atoms with van der Waals surface area (Å²) in [6.07, 6.45) is 11.3. The average molecular weight is 483 g/mol. The lowest BCUT2D eigenvalue weighted by Crippen LogP contribution is -2.31. The van der Waals surface area contributed by atoms with E-state index in [0.717, 1.165) is 17.4 Å². The second kappa shape index (κ2) is 11.5. The molecular weight excluding hydrogens is 459 g/mol.